The third-order valence-corrected chi connectivity index (χ3v) is 3.35. The molecule has 1 heterocycles. The fourth-order valence-electron chi connectivity index (χ4n) is 2.22. The van der Waals surface area contributed by atoms with Gasteiger partial charge in [-0.15, -0.1) is 0 Å². The highest BCUT2D eigenvalue weighted by atomic mass is 16.4. The van der Waals surface area contributed by atoms with Gasteiger partial charge in [-0.05, 0) is 36.6 Å². The number of aliphatic carboxylic acids is 1. The maximum absolute atomic E-state index is 11.1. The molecule has 0 spiro atoms. The fraction of sp³-hybridized carbons (Fsp3) is 0.375. The van der Waals surface area contributed by atoms with Crippen LogP contribution in [-0.2, 0) is 11.3 Å². The number of aryl methyl sites for hydroxylation is 1. The summed E-state index contributed by atoms with van der Waals surface area (Å²) in [5, 5.41) is 13.3. The van der Waals surface area contributed by atoms with Crippen LogP contribution in [0, 0.1) is 12.8 Å². The second-order valence-corrected chi connectivity index (χ2v) is 5.42. The molecular formula is C16H20N2O2. The molecule has 0 bridgehead atoms. The molecule has 1 atom stereocenters. The minimum absolute atomic E-state index is 0.0530. The van der Waals surface area contributed by atoms with Gasteiger partial charge in [-0.1, -0.05) is 26.0 Å². The number of carbonyl (C=O) groups is 1. The van der Waals surface area contributed by atoms with Crippen LogP contribution in [0.1, 0.15) is 25.1 Å². The van der Waals surface area contributed by atoms with Crippen molar-refractivity contribution in [2.45, 2.75) is 33.4 Å². The van der Waals surface area contributed by atoms with Gasteiger partial charge in [-0.3, -0.25) is 9.78 Å². The van der Waals surface area contributed by atoms with Crippen molar-refractivity contribution < 1.29 is 9.90 Å². The second kappa shape index (κ2) is 6.01. The smallest absolute Gasteiger partial charge is 0.320 e. The Morgan fingerprint density at radius 3 is 2.70 bits per heavy atom. The third-order valence-electron chi connectivity index (χ3n) is 3.35. The number of nitrogens with zero attached hydrogens (tertiary/aromatic N) is 1. The Labute approximate surface area is 118 Å². The molecule has 0 aliphatic heterocycles. The van der Waals surface area contributed by atoms with Crippen LogP contribution in [0.4, 0.5) is 0 Å². The summed E-state index contributed by atoms with van der Waals surface area (Å²) < 4.78 is 0. The van der Waals surface area contributed by atoms with Crippen molar-refractivity contribution in [3.8, 4) is 0 Å². The van der Waals surface area contributed by atoms with Crippen LogP contribution >= 0.6 is 0 Å². The minimum Gasteiger partial charge on any atom is -0.480 e. The molecule has 0 fully saturated rings. The summed E-state index contributed by atoms with van der Waals surface area (Å²) in [5.74, 6) is -0.754. The number of hydrogen-bond acceptors (Lipinski definition) is 3. The monoisotopic (exact) mass is 272 g/mol. The molecule has 1 aromatic heterocycles. The summed E-state index contributed by atoms with van der Waals surface area (Å²) in [7, 11) is 0. The van der Waals surface area contributed by atoms with Gasteiger partial charge in [0, 0.05) is 17.6 Å². The molecule has 2 N–H and O–H groups in total. The van der Waals surface area contributed by atoms with E-state index in [-0.39, 0.29) is 5.92 Å². The van der Waals surface area contributed by atoms with Crippen molar-refractivity contribution >= 4 is 16.9 Å². The first kappa shape index (κ1) is 14.5. The maximum atomic E-state index is 11.1. The van der Waals surface area contributed by atoms with Crippen LogP contribution in [0.3, 0.4) is 0 Å². The zero-order valence-corrected chi connectivity index (χ0v) is 12.1. The van der Waals surface area contributed by atoms with Crippen LogP contribution in [0.25, 0.3) is 10.9 Å². The highest BCUT2D eigenvalue weighted by Crippen LogP contribution is 2.15. The summed E-state index contributed by atoms with van der Waals surface area (Å²) in [6.07, 6.45) is 0. The van der Waals surface area contributed by atoms with Crippen LogP contribution < -0.4 is 5.32 Å². The van der Waals surface area contributed by atoms with Crippen LogP contribution in [-0.4, -0.2) is 22.1 Å². The number of hydrogen-bond donors (Lipinski definition) is 2. The zero-order chi connectivity index (χ0) is 14.7. The van der Waals surface area contributed by atoms with Gasteiger partial charge < -0.3 is 10.4 Å². The molecule has 2 aromatic rings. The standard InChI is InChI=1S/C16H20N2O2/c1-10(2)15(16(19)20)17-9-12-5-7-14-13(8-12)6-4-11(3)18-14/h4-8,10,15,17H,9H2,1-3H3,(H,19,20). The average molecular weight is 272 g/mol. The normalized spacial score (nSPS) is 12.8. The lowest BCUT2D eigenvalue weighted by Crippen LogP contribution is -2.40. The van der Waals surface area contributed by atoms with Gasteiger partial charge in [-0.25, -0.2) is 0 Å². The second-order valence-electron chi connectivity index (χ2n) is 5.42. The Morgan fingerprint density at radius 2 is 2.05 bits per heavy atom. The number of fused-ring (bicyclic) bond motifs is 1. The molecule has 4 heteroatoms. The minimum atomic E-state index is -0.807. The van der Waals surface area contributed by atoms with Gasteiger partial charge in [-0.2, -0.15) is 0 Å². The number of nitrogens with one attached hydrogen (secondary N) is 1. The molecule has 4 nitrogen and oxygen atoms in total. The van der Waals surface area contributed by atoms with Crippen molar-refractivity contribution in [3.05, 3.63) is 41.6 Å². The summed E-state index contributed by atoms with van der Waals surface area (Å²) in [6, 6.07) is 9.51. The lowest BCUT2D eigenvalue weighted by atomic mass is 10.0. The number of aromatic nitrogens is 1. The lowest BCUT2D eigenvalue weighted by Gasteiger charge is -2.18. The van der Waals surface area contributed by atoms with E-state index in [0.29, 0.717) is 6.54 Å². The first-order chi connectivity index (χ1) is 9.47. The molecular weight excluding hydrogens is 252 g/mol. The first-order valence-corrected chi connectivity index (χ1v) is 6.80. The Bertz CT molecular complexity index is 623. The Kier molecular flexibility index (Phi) is 4.35. The average Bonchev–Trinajstić information content (AvgIpc) is 2.38. The molecule has 1 aromatic carbocycles. The number of carboxylic acids is 1. The van der Waals surface area contributed by atoms with Crippen LogP contribution in [0.5, 0.6) is 0 Å². The number of benzene rings is 1. The highest BCUT2D eigenvalue weighted by molar-refractivity contribution is 5.79. The van der Waals surface area contributed by atoms with Crippen molar-refractivity contribution in [1.82, 2.24) is 10.3 Å². The topological polar surface area (TPSA) is 62.2 Å². The molecule has 106 valence electrons. The molecule has 0 radical (unpaired) electrons. The van der Waals surface area contributed by atoms with Gasteiger partial charge in [0.05, 0.1) is 5.52 Å². The van der Waals surface area contributed by atoms with E-state index in [4.69, 9.17) is 5.11 Å². The molecule has 0 saturated carbocycles. The molecule has 1 unspecified atom stereocenters. The molecule has 2 rings (SSSR count). The first-order valence-electron chi connectivity index (χ1n) is 6.80. The van der Waals surface area contributed by atoms with Crippen molar-refractivity contribution in [2.75, 3.05) is 0 Å². The summed E-state index contributed by atoms with van der Waals surface area (Å²) in [5.41, 5.74) is 3.02. The van der Waals surface area contributed by atoms with E-state index in [1.54, 1.807) is 0 Å². The molecule has 0 aliphatic rings. The van der Waals surface area contributed by atoms with E-state index in [2.05, 4.69) is 10.3 Å². The van der Waals surface area contributed by atoms with Gasteiger partial charge >= 0.3 is 5.97 Å². The lowest BCUT2D eigenvalue weighted by molar-refractivity contribution is -0.140. The number of carboxylic acid groups (broad SMARTS) is 1. The maximum Gasteiger partial charge on any atom is 0.320 e. The van der Waals surface area contributed by atoms with Gasteiger partial charge in [0.1, 0.15) is 6.04 Å². The molecule has 0 saturated heterocycles. The van der Waals surface area contributed by atoms with E-state index in [1.807, 2.05) is 51.1 Å². The van der Waals surface area contributed by atoms with E-state index in [0.717, 1.165) is 22.2 Å². The number of pyridine rings is 1. The van der Waals surface area contributed by atoms with Crippen LogP contribution in [0.2, 0.25) is 0 Å². The highest BCUT2D eigenvalue weighted by Gasteiger charge is 2.20. The van der Waals surface area contributed by atoms with Crippen molar-refractivity contribution in [3.63, 3.8) is 0 Å². The largest absolute Gasteiger partial charge is 0.480 e. The molecule has 0 amide bonds. The van der Waals surface area contributed by atoms with Gasteiger partial charge in [0.2, 0.25) is 0 Å². The quantitative estimate of drug-likeness (QED) is 0.878. The zero-order valence-electron chi connectivity index (χ0n) is 12.1. The van der Waals surface area contributed by atoms with E-state index in [9.17, 15) is 4.79 Å². The van der Waals surface area contributed by atoms with Gasteiger partial charge in [0.15, 0.2) is 0 Å². The Balaban J connectivity index is 2.14. The van der Waals surface area contributed by atoms with E-state index >= 15 is 0 Å². The van der Waals surface area contributed by atoms with E-state index < -0.39 is 12.0 Å². The fourth-order valence-corrected chi connectivity index (χ4v) is 2.22. The summed E-state index contributed by atoms with van der Waals surface area (Å²) in [4.78, 5) is 15.6. The molecule has 20 heavy (non-hydrogen) atoms. The summed E-state index contributed by atoms with van der Waals surface area (Å²) >= 11 is 0. The van der Waals surface area contributed by atoms with E-state index in [1.165, 1.54) is 0 Å². The van der Waals surface area contributed by atoms with Crippen molar-refractivity contribution in [1.29, 1.82) is 0 Å². The number of rotatable bonds is 5. The van der Waals surface area contributed by atoms with Crippen molar-refractivity contribution in [2.24, 2.45) is 5.92 Å². The predicted octanol–water partition coefficient (Wildman–Crippen LogP) is 2.74. The third kappa shape index (κ3) is 3.33. The SMILES string of the molecule is Cc1ccc2cc(CNC(C(=O)O)C(C)C)ccc2n1. The summed E-state index contributed by atoms with van der Waals surface area (Å²) in [6.45, 7) is 6.31. The molecule has 0 aliphatic carbocycles. The van der Waals surface area contributed by atoms with Crippen LogP contribution in [0.15, 0.2) is 30.3 Å². The van der Waals surface area contributed by atoms with Gasteiger partial charge in [0.25, 0.3) is 0 Å². The Hall–Kier alpha value is -1.94. The Morgan fingerprint density at radius 1 is 1.30 bits per heavy atom. The predicted molar refractivity (Wildman–Crippen MR) is 79.6 cm³/mol.